The first-order chi connectivity index (χ1) is 34.7. The Hall–Kier alpha value is -9.45. The molecule has 0 bridgehead atoms. The van der Waals surface area contributed by atoms with Gasteiger partial charge in [-0.25, -0.2) is 15.0 Å². The topological polar surface area (TPSA) is 56.7 Å². The molecule has 0 amide bonds. The molecule has 0 aliphatic carbocycles. The maximum absolute atomic E-state index is 6.99. The fourth-order valence-electron chi connectivity index (χ4n) is 10.4. The summed E-state index contributed by atoms with van der Waals surface area (Å²) in [6.07, 6.45) is 0. The van der Waals surface area contributed by atoms with Gasteiger partial charge in [-0.1, -0.05) is 188 Å². The van der Waals surface area contributed by atoms with Crippen LogP contribution in [0.1, 0.15) is 0 Å². The molecule has 14 aromatic rings. The van der Waals surface area contributed by atoms with Crippen LogP contribution in [0.25, 0.3) is 139 Å². The Balaban J connectivity index is 1.03. The smallest absolute Gasteiger partial charge is 0.164 e. The van der Waals surface area contributed by atoms with Crippen LogP contribution in [0.15, 0.2) is 247 Å². The van der Waals surface area contributed by atoms with Gasteiger partial charge >= 0.3 is 0 Å². The van der Waals surface area contributed by atoms with Crippen LogP contribution in [0.2, 0.25) is 0 Å². The number of rotatable bonds is 7. The zero-order valence-electron chi connectivity index (χ0n) is 37.8. The van der Waals surface area contributed by atoms with Crippen LogP contribution in [0.4, 0.5) is 0 Å². The van der Waals surface area contributed by atoms with Crippen LogP contribution in [-0.4, -0.2) is 19.5 Å². The van der Waals surface area contributed by atoms with Crippen molar-refractivity contribution in [1.82, 2.24) is 19.5 Å². The third-order valence-electron chi connectivity index (χ3n) is 13.8. The van der Waals surface area contributed by atoms with Crippen LogP contribution >= 0.6 is 0 Å². The van der Waals surface area contributed by atoms with Gasteiger partial charge in [0.1, 0.15) is 11.2 Å². The highest BCUT2D eigenvalue weighted by Gasteiger charge is 2.23. The van der Waals surface area contributed by atoms with Gasteiger partial charge in [-0.15, -0.1) is 0 Å². The second kappa shape index (κ2) is 16.1. The average molecular weight is 893 g/mol. The number of fused-ring (bicyclic) bond motifs is 8. The summed E-state index contributed by atoms with van der Waals surface area (Å²) < 4.78 is 9.41. The van der Waals surface area contributed by atoms with E-state index in [4.69, 9.17) is 19.4 Å². The highest BCUT2D eigenvalue weighted by Crippen LogP contribution is 2.44. The minimum absolute atomic E-state index is 0.567. The van der Waals surface area contributed by atoms with Crippen molar-refractivity contribution in [3.63, 3.8) is 0 Å². The number of benzene rings is 11. The van der Waals surface area contributed by atoms with Crippen LogP contribution in [0.5, 0.6) is 0 Å². The molecule has 0 atom stereocenters. The fourth-order valence-corrected chi connectivity index (χ4v) is 10.4. The van der Waals surface area contributed by atoms with E-state index in [1.54, 1.807) is 0 Å². The van der Waals surface area contributed by atoms with E-state index in [9.17, 15) is 0 Å². The molecule has 0 saturated heterocycles. The standard InChI is InChI=1S/C65H40N4O/c1-3-16-41(17-4-1)45-24-13-26-49(34-45)54-39-56-61(40-59(54)69-57-30-12-11-28-52(57)55-37-47-22-9-10-23-48(47)38-58(55)69)70-60-31-15-29-53(62(56)60)65-67-63(50-27-14-25-46(35-50)42-18-5-2-6-19-42)66-64(68-65)51-33-32-43-20-7-8-21-44(43)36-51/h1-40H. The third-order valence-corrected chi connectivity index (χ3v) is 13.8. The Morgan fingerprint density at radius 3 is 1.59 bits per heavy atom. The zero-order chi connectivity index (χ0) is 46.1. The monoisotopic (exact) mass is 892 g/mol. The summed E-state index contributed by atoms with van der Waals surface area (Å²) in [5.41, 5.74) is 14.2. The molecule has 0 saturated carbocycles. The minimum Gasteiger partial charge on any atom is -0.456 e. The molecule has 0 spiro atoms. The van der Waals surface area contributed by atoms with Crippen LogP contribution in [0.3, 0.4) is 0 Å². The lowest BCUT2D eigenvalue weighted by Crippen LogP contribution is -2.01. The van der Waals surface area contributed by atoms with E-state index >= 15 is 0 Å². The molecule has 11 aromatic carbocycles. The van der Waals surface area contributed by atoms with Crippen molar-refractivity contribution in [1.29, 1.82) is 0 Å². The number of aromatic nitrogens is 4. The van der Waals surface area contributed by atoms with Crippen molar-refractivity contribution in [2.24, 2.45) is 0 Å². The SMILES string of the molecule is c1ccc(-c2cccc(-c3nc(-c4ccc5ccccc5c4)nc(-c4cccc5oc6cc(-n7c8ccccc8c8cc9ccccc9cc87)c(-c7cccc(-c8ccccc8)c7)cc6c45)n3)c2)cc1. The predicted molar refractivity (Wildman–Crippen MR) is 289 cm³/mol. The lowest BCUT2D eigenvalue weighted by atomic mass is 9.95. The molecule has 0 fully saturated rings. The van der Waals surface area contributed by atoms with Gasteiger partial charge in [0.05, 0.1) is 16.7 Å². The van der Waals surface area contributed by atoms with E-state index in [-0.39, 0.29) is 0 Å². The quantitative estimate of drug-likeness (QED) is 0.160. The molecule has 326 valence electrons. The molecule has 14 rings (SSSR count). The van der Waals surface area contributed by atoms with E-state index < -0.39 is 0 Å². The Morgan fingerprint density at radius 1 is 0.286 bits per heavy atom. The van der Waals surface area contributed by atoms with Crippen molar-refractivity contribution in [3.8, 4) is 73.2 Å². The summed E-state index contributed by atoms with van der Waals surface area (Å²) >= 11 is 0. The lowest BCUT2D eigenvalue weighted by Gasteiger charge is -2.16. The zero-order valence-corrected chi connectivity index (χ0v) is 37.8. The van der Waals surface area contributed by atoms with Crippen LogP contribution in [0, 0.1) is 0 Å². The second-order valence-corrected chi connectivity index (χ2v) is 18.0. The number of nitrogens with zero attached hydrogens (tertiary/aromatic N) is 4. The Labute approximate surface area is 403 Å². The van der Waals surface area contributed by atoms with Crippen molar-refractivity contribution in [3.05, 3.63) is 243 Å². The van der Waals surface area contributed by atoms with Gasteiger partial charge in [0.25, 0.3) is 0 Å². The number of para-hydroxylation sites is 1. The molecule has 0 unspecified atom stereocenters. The Bertz CT molecular complexity index is 4360. The highest BCUT2D eigenvalue weighted by atomic mass is 16.3. The largest absolute Gasteiger partial charge is 0.456 e. The van der Waals surface area contributed by atoms with Crippen molar-refractivity contribution >= 4 is 65.3 Å². The lowest BCUT2D eigenvalue weighted by molar-refractivity contribution is 0.668. The molecule has 3 aromatic heterocycles. The van der Waals surface area contributed by atoms with Crippen molar-refractivity contribution < 1.29 is 4.42 Å². The summed E-state index contributed by atoms with van der Waals surface area (Å²) in [6, 6.07) is 85.9. The summed E-state index contributed by atoms with van der Waals surface area (Å²) in [6.45, 7) is 0. The third kappa shape index (κ3) is 6.67. The van der Waals surface area contributed by atoms with Gasteiger partial charge in [0.15, 0.2) is 17.5 Å². The fraction of sp³-hybridized carbons (Fsp3) is 0. The second-order valence-electron chi connectivity index (χ2n) is 18.0. The Kier molecular flexibility index (Phi) is 9.14. The van der Waals surface area contributed by atoms with E-state index in [0.29, 0.717) is 17.5 Å². The molecule has 0 radical (unpaired) electrons. The van der Waals surface area contributed by atoms with Gasteiger partial charge < -0.3 is 8.98 Å². The van der Waals surface area contributed by atoms with Gasteiger partial charge in [-0.3, -0.25) is 0 Å². The number of hydrogen-bond acceptors (Lipinski definition) is 4. The molecule has 5 heteroatoms. The van der Waals surface area contributed by atoms with E-state index in [2.05, 4.69) is 235 Å². The molecule has 5 nitrogen and oxygen atoms in total. The molecule has 3 heterocycles. The molecule has 70 heavy (non-hydrogen) atoms. The van der Waals surface area contributed by atoms with E-state index in [1.807, 2.05) is 12.1 Å². The maximum Gasteiger partial charge on any atom is 0.164 e. The molecule has 0 N–H and O–H groups in total. The normalized spacial score (nSPS) is 11.7. The summed E-state index contributed by atoms with van der Waals surface area (Å²) in [4.78, 5) is 15.9. The first-order valence-corrected chi connectivity index (χ1v) is 23.7. The van der Waals surface area contributed by atoms with Gasteiger partial charge in [0, 0.05) is 49.9 Å². The van der Waals surface area contributed by atoms with Crippen LogP contribution in [-0.2, 0) is 0 Å². The van der Waals surface area contributed by atoms with E-state index in [1.165, 1.54) is 21.5 Å². The highest BCUT2D eigenvalue weighted by molar-refractivity contribution is 6.16. The summed E-state index contributed by atoms with van der Waals surface area (Å²) in [7, 11) is 0. The van der Waals surface area contributed by atoms with Crippen LogP contribution < -0.4 is 0 Å². The minimum atomic E-state index is 0.567. The predicted octanol–water partition coefficient (Wildman–Crippen LogP) is 17.2. The van der Waals surface area contributed by atoms with Gasteiger partial charge in [-0.2, -0.15) is 0 Å². The first-order valence-electron chi connectivity index (χ1n) is 23.7. The number of furan rings is 1. The van der Waals surface area contributed by atoms with Crippen molar-refractivity contribution in [2.45, 2.75) is 0 Å². The molecular weight excluding hydrogens is 853 g/mol. The first kappa shape index (κ1) is 39.7. The van der Waals surface area contributed by atoms with E-state index in [0.717, 1.165) is 99.5 Å². The summed E-state index contributed by atoms with van der Waals surface area (Å²) in [5.74, 6) is 1.76. The molecule has 0 aliphatic heterocycles. The van der Waals surface area contributed by atoms with Gasteiger partial charge in [0.2, 0.25) is 0 Å². The maximum atomic E-state index is 6.99. The van der Waals surface area contributed by atoms with Gasteiger partial charge in [-0.05, 0) is 97.9 Å². The number of hydrogen-bond donors (Lipinski definition) is 0. The molecule has 0 aliphatic rings. The average Bonchev–Trinajstić information content (AvgIpc) is 3.97. The summed E-state index contributed by atoms with van der Waals surface area (Å²) in [5, 5.41) is 8.99. The molecular formula is C65H40N4O. The Morgan fingerprint density at radius 2 is 0.843 bits per heavy atom. The van der Waals surface area contributed by atoms with Crippen molar-refractivity contribution in [2.75, 3.05) is 0 Å².